The summed E-state index contributed by atoms with van der Waals surface area (Å²) in [6.07, 6.45) is 2.52. The molecule has 0 amide bonds. The maximum absolute atomic E-state index is 6.09. The molecular formula is C17H29NO. The normalized spacial score (nSPS) is 13.0. The Labute approximate surface area is 118 Å². The molecular weight excluding hydrogens is 234 g/mol. The molecule has 1 aromatic carbocycles. The van der Waals surface area contributed by atoms with Crippen molar-refractivity contribution in [3.63, 3.8) is 0 Å². The van der Waals surface area contributed by atoms with Gasteiger partial charge in [0, 0.05) is 6.04 Å². The van der Waals surface area contributed by atoms with E-state index in [1.807, 2.05) is 6.07 Å². The smallest absolute Gasteiger partial charge is 0.123 e. The Balaban J connectivity index is 2.42. The molecule has 19 heavy (non-hydrogen) atoms. The third kappa shape index (κ3) is 6.11. The fourth-order valence-electron chi connectivity index (χ4n) is 2.12. The molecule has 0 aromatic heterocycles. The highest BCUT2D eigenvalue weighted by atomic mass is 16.5. The molecule has 0 saturated carbocycles. The van der Waals surface area contributed by atoms with E-state index in [1.54, 1.807) is 0 Å². The lowest BCUT2D eigenvalue weighted by molar-refractivity contribution is 0.204. The van der Waals surface area contributed by atoms with Gasteiger partial charge in [0.2, 0.25) is 0 Å². The number of para-hydroxylation sites is 1. The molecule has 0 spiro atoms. The van der Waals surface area contributed by atoms with Gasteiger partial charge >= 0.3 is 0 Å². The molecule has 0 radical (unpaired) electrons. The number of ether oxygens (including phenoxy) is 1. The molecule has 2 nitrogen and oxygen atoms in total. The predicted molar refractivity (Wildman–Crippen MR) is 83.0 cm³/mol. The van der Waals surface area contributed by atoms with Crippen LogP contribution >= 0.6 is 0 Å². The third-order valence-corrected chi connectivity index (χ3v) is 3.21. The van der Waals surface area contributed by atoms with E-state index in [0.29, 0.717) is 12.0 Å². The van der Waals surface area contributed by atoms with Crippen LogP contribution in [-0.2, 0) is 0 Å². The van der Waals surface area contributed by atoms with E-state index >= 15 is 0 Å². The van der Waals surface area contributed by atoms with Crippen molar-refractivity contribution < 1.29 is 4.74 Å². The molecule has 2 heteroatoms. The first kappa shape index (κ1) is 16.0. The van der Waals surface area contributed by atoms with Gasteiger partial charge in [-0.2, -0.15) is 0 Å². The molecule has 0 bridgehead atoms. The van der Waals surface area contributed by atoms with E-state index < -0.39 is 0 Å². The van der Waals surface area contributed by atoms with Crippen LogP contribution in [0.5, 0.6) is 5.75 Å². The van der Waals surface area contributed by atoms with Gasteiger partial charge in [0.1, 0.15) is 5.75 Å². The summed E-state index contributed by atoms with van der Waals surface area (Å²) in [4.78, 5) is 0. The van der Waals surface area contributed by atoms with Gasteiger partial charge in [-0.3, -0.25) is 0 Å². The summed E-state index contributed by atoms with van der Waals surface area (Å²) < 4.78 is 6.09. The quantitative estimate of drug-likeness (QED) is 0.704. The van der Waals surface area contributed by atoms with Crippen LogP contribution in [0.4, 0.5) is 0 Å². The highest BCUT2D eigenvalue weighted by Gasteiger charge is 2.10. The van der Waals surface area contributed by atoms with Crippen molar-refractivity contribution in [2.75, 3.05) is 6.54 Å². The second kappa shape index (κ2) is 8.21. The lowest BCUT2D eigenvalue weighted by atomic mass is 10.0. The molecule has 1 N–H and O–H groups in total. The zero-order chi connectivity index (χ0) is 14.3. The summed E-state index contributed by atoms with van der Waals surface area (Å²) in [7, 11) is 0. The Hall–Kier alpha value is -1.02. The van der Waals surface area contributed by atoms with E-state index in [0.717, 1.165) is 25.1 Å². The summed E-state index contributed by atoms with van der Waals surface area (Å²) in [6.45, 7) is 12.0. The summed E-state index contributed by atoms with van der Waals surface area (Å²) in [5.41, 5.74) is 1.30. The average molecular weight is 263 g/mol. The van der Waals surface area contributed by atoms with E-state index in [2.05, 4.69) is 58.1 Å². The van der Waals surface area contributed by atoms with Gasteiger partial charge in [-0.25, -0.2) is 0 Å². The van der Waals surface area contributed by atoms with Crippen molar-refractivity contribution in [3.8, 4) is 5.75 Å². The van der Waals surface area contributed by atoms with Crippen LogP contribution in [0, 0.1) is 0 Å². The summed E-state index contributed by atoms with van der Waals surface area (Å²) in [6, 6.07) is 8.94. The molecule has 0 aliphatic rings. The Morgan fingerprint density at radius 2 is 1.74 bits per heavy atom. The van der Waals surface area contributed by atoms with Crippen LogP contribution in [0.3, 0.4) is 0 Å². The molecule has 1 rings (SSSR count). The zero-order valence-electron chi connectivity index (χ0n) is 13.1. The number of benzene rings is 1. The molecule has 108 valence electrons. The van der Waals surface area contributed by atoms with Gasteiger partial charge in [0.05, 0.1) is 6.10 Å². The average Bonchev–Trinajstić information content (AvgIpc) is 2.35. The van der Waals surface area contributed by atoms with E-state index in [-0.39, 0.29) is 6.10 Å². The number of rotatable bonds is 8. The first-order valence-corrected chi connectivity index (χ1v) is 7.49. The second-order valence-corrected chi connectivity index (χ2v) is 5.87. The molecule has 0 saturated heterocycles. The van der Waals surface area contributed by atoms with Crippen molar-refractivity contribution in [2.45, 2.75) is 65.5 Å². The highest BCUT2D eigenvalue weighted by Crippen LogP contribution is 2.27. The largest absolute Gasteiger partial charge is 0.490 e. The van der Waals surface area contributed by atoms with E-state index in [4.69, 9.17) is 4.74 Å². The van der Waals surface area contributed by atoms with Crippen molar-refractivity contribution >= 4 is 0 Å². The van der Waals surface area contributed by atoms with Crippen LogP contribution in [0.15, 0.2) is 24.3 Å². The molecule has 0 heterocycles. The molecule has 1 unspecified atom stereocenters. The Morgan fingerprint density at radius 3 is 2.37 bits per heavy atom. The standard InChI is InChI=1S/C17H29NO/c1-13(2)16-10-6-7-11-17(16)19-15(5)9-8-12-18-14(3)4/h6-7,10-11,13-15,18H,8-9,12H2,1-5H3. The molecule has 0 fully saturated rings. The minimum atomic E-state index is 0.272. The van der Waals surface area contributed by atoms with Crippen LogP contribution in [0.1, 0.15) is 58.9 Å². The lowest BCUT2D eigenvalue weighted by Gasteiger charge is -2.19. The number of nitrogens with one attached hydrogen (secondary N) is 1. The van der Waals surface area contributed by atoms with Crippen LogP contribution in [0.2, 0.25) is 0 Å². The van der Waals surface area contributed by atoms with Crippen molar-refractivity contribution in [1.29, 1.82) is 0 Å². The van der Waals surface area contributed by atoms with Crippen molar-refractivity contribution in [1.82, 2.24) is 5.32 Å². The zero-order valence-corrected chi connectivity index (χ0v) is 13.1. The number of hydrogen-bond acceptors (Lipinski definition) is 2. The highest BCUT2D eigenvalue weighted by molar-refractivity contribution is 5.35. The molecule has 1 aromatic rings. The lowest BCUT2D eigenvalue weighted by Crippen LogP contribution is -2.25. The third-order valence-electron chi connectivity index (χ3n) is 3.21. The monoisotopic (exact) mass is 263 g/mol. The van der Waals surface area contributed by atoms with Gasteiger partial charge in [-0.1, -0.05) is 45.9 Å². The maximum atomic E-state index is 6.09. The Bertz CT molecular complexity index is 360. The fourth-order valence-corrected chi connectivity index (χ4v) is 2.12. The van der Waals surface area contributed by atoms with Crippen molar-refractivity contribution in [2.24, 2.45) is 0 Å². The molecule has 1 atom stereocenters. The fraction of sp³-hybridized carbons (Fsp3) is 0.647. The summed E-state index contributed by atoms with van der Waals surface area (Å²) in [5.74, 6) is 1.55. The summed E-state index contributed by atoms with van der Waals surface area (Å²) >= 11 is 0. The predicted octanol–water partition coefficient (Wildman–Crippen LogP) is 4.36. The first-order chi connectivity index (χ1) is 9.00. The Morgan fingerprint density at radius 1 is 1.05 bits per heavy atom. The minimum Gasteiger partial charge on any atom is -0.490 e. The topological polar surface area (TPSA) is 21.3 Å². The van der Waals surface area contributed by atoms with Gasteiger partial charge in [-0.15, -0.1) is 0 Å². The van der Waals surface area contributed by atoms with Crippen LogP contribution < -0.4 is 10.1 Å². The second-order valence-electron chi connectivity index (χ2n) is 5.87. The maximum Gasteiger partial charge on any atom is 0.123 e. The van der Waals surface area contributed by atoms with Crippen LogP contribution in [0.25, 0.3) is 0 Å². The number of hydrogen-bond donors (Lipinski definition) is 1. The van der Waals surface area contributed by atoms with Crippen LogP contribution in [-0.4, -0.2) is 18.7 Å². The Kier molecular flexibility index (Phi) is 6.93. The SMILES string of the molecule is CC(C)NCCCC(C)Oc1ccccc1C(C)C. The van der Waals surface area contributed by atoms with Gasteiger partial charge < -0.3 is 10.1 Å². The van der Waals surface area contributed by atoms with Gasteiger partial charge in [0.15, 0.2) is 0 Å². The summed E-state index contributed by atoms with van der Waals surface area (Å²) in [5, 5.41) is 3.44. The minimum absolute atomic E-state index is 0.272. The van der Waals surface area contributed by atoms with Crippen molar-refractivity contribution in [3.05, 3.63) is 29.8 Å². The van der Waals surface area contributed by atoms with E-state index in [9.17, 15) is 0 Å². The van der Waals surface area contributed by atoms with E-state index in [1.165, 1.54) is 5.56 Å². The van der Waals surface area contributed by atoms with Gasteiger partial charge in [0.25, 0.3) is 0 Å². The molecule has 0 aliphatic carbocycles. The first-order valence-electron chi connectivity index (χ1n) is 7.49. The molecule has 0 aliphatic heterocycles. The van der Waals surface area contributed by atoms with Gasteiger partial charge in [-0.05, 0) is 43.9 Å².